The summed E-state index contributed by atoms with van der Waals surface area (Å²) in [4.78, 5) is 1.22. The Morgan fingerprint density at radius 2 is 2.06 bits per heavy atom. The molecule has 1 aromatic heterocycles. The topological polar surface area (TPSA) is 47.3 Å². The van der Waals surface area contributed by atoms with Crippen LogP contribution in [0.3, 0.4) is 0 Å². The van der Waals surface area contributed by atoms with E-state index in [-0.39, 0.29) is 6.04 Å². The number of thiophene rings is 1. The van der Waals surface area contributed by atoms with Crippen molar-refractivity contribution in [3.8, 4) is 5.75 Å². The molecule has 0 aliphatic heterocycles. The highest BCUT2D eigenvalue weighted by Gasteiger charge is 2.19. The van der Waals surface area contributed by atoms with Gasteiger partial charge in [0.2, 0.25) is 0 Å². The van der Waals surface area contributed by atoms with E-state index in [9.17, 15) is 0 Å². The molecule has 0 amide bonds. The standard InChI is InChI=1S/C13H16N2OS/c1-9-7-8-17-13(9)12(15-14)10-5-3-4-6-11(10)16-2/h3-8,12,15H,14H2,1-2H3. The van der Waals surface area contributed by atoms with Crippen LogP contribution in [-0.4, -0.2) is 7.11 Å². The molecule has 3 nitrogen and oxygen atoms in total. The fourth-order valence-corrected chi connectivity index (χ4v) is 2.90. The van der Waals surface area contributed by atoms with E-state index < -0.39 is 0 Å². The number of hydrazine groups is 1. The average Bonchev–Trinajstić information content (AvgIpc) is 2.78. The van der Waals surface area contributed by atoms with Crippen LogP contribution < -0.4 is 16.0 Å². The van der Waals surface area contributed by atoms with E-state index in [4.69, 9.17) is 10.6 Å². The maximum atomic E-state index is 5.69. The summed E-state index contributed by atoms with van der Waals surface area (Å²) in [6, 6.07) is 10.00. The van der Waals surface area contributed by atoms with Gasteiger partial charge in [0, 0.05) is 10.4 Å². The lowest BCUT2D eigenvalue weighted by molar-refractivity contribution is 0.404. The normalized spacial score (nSPS) is 12.4. The molecule has 2 aromatic rings. The molecular weight excluding hydrogens is 232 g/mol. The Morgan fingerprint density at radius 3 is 2.65 bits per heavy atom. The van der Waals surface area contributed by atoms with Gasteiger partial charge < -0.3 is 4.74 Å². The van der Waals surface area contributed by atoms with Crippen molar-refractivity contribution in [3.05, 3.63) is 51.7 Å². The van der Waals surface area contributed by atoms with Crippen LogP contribution in [0.4, 0.5) is 0 Å². The zero-order valence-corrected chi connectivity index (χ0v) is 10.8. The summed E-state index contributed by atoms with van der Waals surface area (Å²) in [5.74, 6) is 6.54. The number of benzene rings is 1. The van der Waals surface area contributed by atoms with Crippen molar-refractivity contribution in [2.45, 2.75) is 13.0 Å². The molecule has 0 bridgehead atoms. The number of hydrogen-bond acceptors (Lipinski definition) is 4. The second-order valence-corrected chi connectivity index (χ2v) is 4.76. The molecule has 0 saturated carbocycles. The Kier molecular flexibility index (Phi) is 3.78. The van der Waals surface area contributed by atoms with Crippen molar-refractivity contribution in [2.24, 2.45) is 5.84 Å². The molecule has 0 spiro atoms. The summed E-state index contributed by atoms with van der Waals surface area (Å²) in [5, 5.41) is 2.07. The van der Waals surface area contributed by atoms with E-state index in [2.05, 4.69) is 23.8 Å². The second-order valence-electron chi connectivity index (χ2n) is 3.81. The highest BCUT2D eigenvalue weighted by Crippen LogP contribution is 2.33. The van der Waals surface area contributed by atoms with Gasteiger partial charge in [-0.3, -0.25) is 5.84 Å². The molecule has 3 N–H and O–H groups in total. The molecule has 4 heteroatoms. The van der Waals surface area contributed by atoms with E-state index in [0.29, 0.717) is 0 Å². The molecule has 0 radical (unpaired) electrons. The molecule has 0 aliphatic rings. The number of ether oxygens (including phenoxy) is 1. The largest absolute Gasteiger partial charge is 0.496 e. The third-order valence-corrected chi connectivity index (χ3v) is 3.86. The number of methoxy groups -OCH3 is 1. The number of nitrogens with two attached hydrogens (primary N) is 1. The first-order chi connectivity index (χ1) is 8.27. The smallest absolute Gasteiger partial charge is 0.124 e. The van der Waals surface area contributed by atoms with Gasteiger partial charge in [-0.2, -0.15) is 0 Å². The Hall–Kier alpha value is -1.36. The quantitative estimate of drug-likeness (QED) is 0.646. The average molecular weight is 248 g/mol. The van der Waals surface area contributed by atoms with E-state index in [1.807, 2.05) is 24.3 Å². The summed E-state index contributed by atoms with van der Waals surface area (Å²) >= 11 is 1.70. The van der Waals surface area contributed by atoms with Crippen molar-refractivity contribution in [2.75, 3.05) is 7.11 Å². The lowest BCUT2D eigenvalue weighted by Gasteiger charge is -2.18. The van der Waals surface area contributed by atoms with Crippen LogP contribution in [0.1, 0.15) is 22.0 Å². The van der Waals surface area contributed by atoms with Gasteiger partial charge >= 0.3 is 0 Å². The summed E-state index contributed by atoms with van der Waals surface area (Å²) in [5.41, 5.74) is 5.16. The van der Waals surface area contributed by atoms with Crippen LogP contribution in [0.15, 0.2) is 35.7 Å². The van der Waals surface area contributed by atoms with Crippen LogP contribution in [0.5, 0.6) is 5.75 Å². The van der Waals surface area contributed by atoms with Crippen LogP contribution in [0.25, 0.3) is 0 Å². The minimum absolute atomic E-state index is 0.0221. The Balaban J connectivity index is 2.46. The number of para-hydroxylation sites is 1. The highest BCUT2D eigenvalue weighted by atomic mass is 32.1. The molecule has 0 aliphatic carbocycles. The monoisotopic (exact) mass is 248 g/mol. The maximum Gasteiger partial charge on any atom is 0.124 e. The fourth-order valence-electron chi connectivity index (χ4n) is 1.89. The zero-order valence-electron chi connectivity index (χ0n) is 9.94. The van der Waals surface area contributed by atoms with E-state index in [0.717, 1.165) is 11.3 Å². The lowest BCUT2D eigenvalue weighted by atomic mass is 10.0. The molecular formula is C13H16N2OS. The molecule has 17 heavy (non-hydrogen) atoms. The van der Waals surface area contributed by atoms with Gasteiger partial charge in [-0.25, -0.2) is 5.43 Å². The first-order valence-corrected chi connectivity index (χ1v) is 6.29. The van der Waals surface area contributed by atoms with Gasteiger partial charge in [0.1, 0.15) is 5.75 Å². The van der Waals surface area contributed by atoms with Crippen molar-refractivity contribution in [1.82, 2.24) is 5.43 Å². The molecule has 1 atom stereocenters. The SMILES string of the molecule is COc1ccccc1C(NN)c1sccc1C. The minimum atomic E-state index is -0.0221. The molecule has 1 heterocycles. The third-order valence-electron chi connectivity index (χ3n) is 2.78. The zero-order chi connectivity index (χ0) is 12.3. The van der Waals surface area contributed by atoms with Gasteiger partial charge in [0.15, 0.2) is 0 Å². The Bertz CT molecular complexity index is 496. The summed E-state index contributed by atoms with van der Waals surface area (Å²) in [7, 11) is 1.67. The molecule has 1 unspecified atom stereocenters. The number of rotatable bonds is 4. The van der Waals surface area contributed by atoms with Gasteiger partial charge in [-0.15, -0.1) is 11.3 Å². The van der Waals surface area contributed by atoms with Gasteiger partial charge in [-0.05, 0) is 30.0 Å². The predicted octanol–water partition coefficient (Wildman–Crippen LogP) is 2.62. The molecule has 0 fully saturated rings. The predicted molar refractivity (Wildman–Crippen MR) is 71.2 cm³/mol. The number of aryl methyl sites for hydroxylation is 1. The van der Waals surface area contributed by atoms with Crippen molar-refractivity contribution >= 4 is 11.3 Å². The van der Waals surface area contributed by atoms with E-state index >= 15 is 0 Å². The van der Waals surface area contributed by atoms with Crippen LogP contribution in [0.2, 0.25) is 0 Å². The van der Waals surface area contributed by atoms with Gasteiger partial charge in [0.25, 0.3) is 0 Å². The van der Waals surface area contributed by atoms with Crippen LogP contribution in [-0.2, 0) is 0 Å². The van der Waals surface area contributed by atoms with E-state index in [1.165, 1.54) is 10.4 Å². The molecule has 1 aromatic carbocycles. The second kappa shape index (κ2) is 5.31. The van der Waals surface area contributed by atoms with Crippen LogP contribution in [0, 0.1) is 6.92 Å². The molecule has 90 valence electrons. The van der Waals surface area contributed by atoms with Crippen molar-refractivity contribution in [3.63, 3.8) is 0 Å². The summed E-state index contributed by atoms with van der Waals surface area (Å²) < 4.78 is 5.38. The maximum absolute atomic E-state index is 5.69. The molecule has 2 rings (SSSR count). The van der Waals surface area contributed by atoms with E-state index in [1.54, 1.807) is 18.4 Å². The fraction of sp³-hybridized carbons (Fsp3) is 0.231. The van der Waals surface area contributed by atoms with Gasteiger partial charge in [-0.1, -0.05) is 18.2 Å². The third kappa shape index (κ3) is 2.34. The first kappa shape index (κ1) is 12.1. The highest BCUT2D eigenvalue weighted by molar-refractivity contribution is 7.10. The summed E-state index contributed by atoms with van der Waals surface area (Å²) in [6.07, 6.45) is 0. The Labute approximate surface area is 105 Å². The lowest BCUT2D eigenvalue weighted by Crippen LogP contribution is -2.29. The van der Waals surface area contributed by atoms with Gasteiger partial charge in [0.05, 0.1) is 13.2 Å². The first-order valence-electron chi connectivity index (χ1n) is 5.41. The Morgan fingerprint density at radius 1 is 1.29 bits per heavy atom. The molecule has 0 saturated heterocycles. The number of hydrogen-bond donors (Lipinski definition) is 2. The minimum Gasteiger partial charge on any atom is -0.496 e. The number of nitrogens with one attached hydrogen (secondary N) is 1. The van der Waals surface area contributed by atoms with Crippen molar-refractivity contribution in [1.29, 1.82) is 0 Å². The summed E-state index contributed by atoms with van der Waals surface area (Å²) in [6.45, 7) is 2.09. The van der Waals surface area contributed by atoms with Crippen molar-refractivity contribution < 1.29 is 4.74 Å². The van der Waals surface area contributed by atoms with Crippen LogP contribution >= 0.6 is 11.3 Å².